The Kier molecular flexibility index (Phi) is 3.74. The molecule has 19 heavy (non-hydrogen) atoms. The molecule has 1 aliphatic carbocycles. The van der Waals surface area contributed by atoms with Gasteiger partial charge in [-0.2, -0.15) is 0 Å². The first-order valence-corrected chi connectivity index (χ1v) is 7.02. The minimum atomic E-state index is -0.534. The zero-order valence-corrected chi connectivity index (χ0v) is 12.0. The van der Waals surface area contributed by atoms with E-state index >= 15 is 0 Å². The van der Waals surface area contributed by atoms with Gasteiger partial charge in [0, 0.05) is 0 Å². The standard InChI is InChI=1S/C14H23NO4/c1-13(2,3)19-12(17)15-10-9-11(16)18-14(10)7-5-4-6-8-14/h10H,4-9H2,1-3H3,(H,15,17). The minimum absolute atomic E-state index is 0.219. The van der Waals surface area contributed by atoms with Crippen molar-refractivity contribution >= 4 is 12.1 Å². The van der Waals surface area contributed by atoms with E-state index in [2.05, 4.69) is 5.32 Å². The van der Waals surface area contributed by atoms with Crippen LogP contribution in [0.5, 0.6) is 0 Å². The second kappa shape index (κ2) is 5.02. The van der Waals surface area contributed by atoms with Crippen LogP contribution in [-0.4, -0.2) is 29.3 Å². The van der Waals surface area contributed by atoms with E-state index in [0.29, 0.717) is 0 Å². The van der Waals surface area contributed by atoms with E-state index in [4.69, 9.17) is 9.47 Å². The predicted molar refractivity (Wildman–Crippen MR) is 69.7 cm³/mol. The Balaban J connectivity index is 2.01. The van der Waals surface area contributed by atoms with Crippen molar-refractivity contribution in [3.05, 3.63) is 0 Å². The monoisotopic (exact) mass is 269 g/mol. The lowest BCUT2D eigenvalue weighted by Crippen LogP contribution is -2.51. The first-order valence-electron chi connectivity index (χ1n) is 7.02. The van der Waals surface area contributed by atoms with Crippen LogP contribution in [0.15, 0.2) is 0 Å². The third kappa shape index (κ3) is 3.39. The second-order valence-electron chi connectivity index (χ2n) is 6.50. The van der Waals surface area contributed by atoms with Gasteiger partial charge in [-0.05, 0) is 46.5 Å². The molecule has 2 rings (SSSR count). The summed E-state index contributed by atoms with van der Waals surface area (Å²) in [6.45, 7) is 5.46. The highest BCUT2D eigenvalue weighted by Gasteiger charge is 2.50. The summed E-state index contributed by atoms with van der Waals surface area (Å²) in [6, 6.07) is -0.254. The molecule has 2 fully saturated rings. The van der Waals surface area contributed by atoms with Crippen molar-refractivity contribution in [2.75, 3.05) is 0 Å². The molecule has 1 amide bonds. The summed E-state index contributed by atoms with van der Waals surface area (Å²) >= 11 is 0. The summed E-state index contributed by atoms with van der Waals surface area (Å²) in [6.07, 6.45) is 4.69. The van der Waals surface area contributed by atoms with Crippen molar-refractivity contribution in [2.45, 2.75) is 76.5 Å². The van der Waals surface area contributed by atoms with Crippen molar-refractivity contribution in [3.8, 4) is 0 Å². The molecule has 1 saturated heterocycles. The molecule has 5 nitrogen and oxygen atoms in total. The van der Waals surface area contributed by atoms with Crippen LogP contribution < -0.4 is 5.32 Å². The zero-order chi connectivity index (χ0) is 14.1. The normalized spacial score (nSPS) is 26.1. The van der Waals surface area contributed by atoms with E-state index in [-0.39, 0.29) is 18.4 Å². The van der Waals surface area contributed by atoms with Crippen LogP contribution in [0.2, 0.25) is 0 Å². The molecule has 1 spiro atoms. The number of alkyl carbamates (subject to hydrolysis) is 1. The number of carbonyl (C=O) groups excluding carboxylic acids is 2. The van der Waals surface area contributed by atoms with Crippen LogP contribution in [-0.2, 0) is 14.3 Å². The van der Waals surface area contributed by atoms with Crippen LogP contribution in [0.1, 0.15) is 59.3 Å². The van der Waals surface area contributed by atoms with Gasteiger partial charge in [0.15, 0.2) is 0 Å². The van der Waals surface area contributed by atoms with E-state index in [1.54, 1.807) is 0 Å². The van der Waals surface area contributed by atoms with Gasteiger partial charge in [0.25, 0.3) is 0 Å². The van der Waals surface area contributed by atoms with Crippen molar-refractivity contribution in [1.82, 2.24) is 5.32 Å². The first-order chi connectivity index (χ1) is 8.81. The molecular weight excluding hydrogens is 246 g/mol. The van der Waals surface area contributed by atoms with Crippen LogP contribution in [0.3, 0.4) is 0 Å². The molecule has 108 valence electrons. The minimum Gasteiger partial charge on any atom is -0.457 e. The summed E-state index contributed by atoms with van der Waals surface area (Å²) in [7, 11) is 0. The van der Waals surface area contributed by atoms with Crippen LogP contribution >= 0.6 is 0 Å². The lowest BCUT2D eigenvalue weighted by atomic mass is 9.80. The highest BCUT2D eigenvalue weighted by Crippen LogP contribution is 2.40. The highest BCUT2D eigenvalue weighted by atomic mass is 16.6. The third-order valence-corrected chi connectivity index (χ3v) is 3.71. The Bertz CT molecular complexity index is 366. The Morgan fingerprint density at radius 1 is 1.32 bits per heavy atom. The van der Waals surface area contributed by atoms with E-state index in [9.17, 15) is 9.59 Å². The zero-order valence-electron chi connectivity index (χ0n) is 12.0. The molecule has 1 N–H and O–H groups in total. The number of hydrogen-bond donors (Lipinski definition) is 1. The maximum atomic E-state index is 11.8. The SMILES string of the molecule is CC(C)(C)OC(=O)NC1CC(=O)OC12CCCCC2. The lowest BCUT2D eigenvalue weighted by molar-refractivity contribution is -0.151. The fourth-order valence-electron chi connectivity index (χ4n) is 2.93. The smallest absolute Gasteiger partial charge is 0.408 e. The summed E-state index contributed by atoms with van der Waals surface area (Å²) in [5, 5.41) is 2.82. The van der Waals surface area contributed by atoms with Gasteiger partial charge >= 0.3 is 12.1 Å². The molecular formula is C14H23NO4. The molecule has 1 atom stereocenters. The molecule has 1 heterocycles. The van der Waals surface area contributed by atoms with Crippen LogP contribution in [0.25, 0.3) is 0 Å². The van der Waals surface area contributed by atoms with Gasteiger partial charge in [-0.15, -0.1) is 0 Å². The van der Waals surface area contributed by atoms with E-state index < -0.39 is 17.3 Å². The average molecular weight is 269 g/mol. The van der Waals surface area contributed by atoms with Crippen LogP contribution in [0, 0.1) is 0 Å². The van der Waals surface area contributed by atoms with Gasteiger partial charge in [0.2, 0.25) is 0 Å². The molecule has 0 radical (unpaired) electrons. The predicted octanol–water partition coefficient (Wildman–Crippen LogP) is 2.53. The number of nitrogens with one attached hydrogen (secondary N) is 1. The van der Waals surface area contributed by atoms with E-state index in [1.807, 2.05) is 20.8 Å². The molecule has 2 aliphatic rings. The second-order valence-corrected chi connectivity index (χ2v) is 6.50. The molecule has 0 aromatic heterocycles. The quantitative estimate of drug-likeness (QED) is 0.743. The maximum Gasteiger partial charge on any atom is 0.408 e. The highest BCUT2D eigenvalue weighted by molar-refractivity contribution is 5.76. The Hall–Kier alpha value is -1.26. The van der Waals surface area contributed by atoms with Gasteiger partial charge in [-0.1, -0.05) is 6.42 Å². The van der Waals surface area contributed by atoms with Gasteiger partial charge in [-0.25, -0.2) is 4.79 Å². The summed E-state index contributed by atoms with van der Waals surface area (Å²) in [4.78, 5) is 23.4. The van der Waals surface area contributed by atoms with Crippen molar-refractivity contribution in [1.29, 1.82) is 0 Å². The molecule has 1 saturated carbocycles. The Morgan fingerprint density at radius 3 is 2.53 bits per heavy atom. The molecule has 0 bridgehead atoms. The molecule has 5 heteroatoms. The maximum absolute atomic E-state index is 11.8. The van der Waals surface area contributed by atoms with E-state index in [0.717, 1.165) is 25.7 Å². The number of amides is 1. The lowest BCUT2D eigenvalue weighted by Gasteiger charge is -2.37. The average Bonchev–Trinajstić information content (AvgIpc) is 2.53. The fraction of sp³-hybridized carbons (Fsp3) is 0.857. The van der Waals surface area contributed by atoms with Gasteiger partial charge in [0.1, 0.15) is 11.2 Å². The van der Waals surface area contributed by atoms with E-state index in [1.165, 1.54) is 6.42 Å². The largest absolute Gasteiger partial charge is 0.457 e. The first kappa shape index (κ1) is 14.2. The summed E-state index contributed by atoms with van der Waals surface area (Å²) in [5.41, 5.74) is -1.03. The van der Waals surface area contributed by atoms with Crippen LogP contribution in [0.4, 0.5) is 4.79 Å². The number of hydrogen-bond acceptors (Lipinski definition) is 4. The van der Waals surface area contributed by atoms with Crippen molar-refractivity contribution < 1.29 is 19.1 Å². The molecule has 1 aliphatic heterocycles. The van der Waals surface area contributed by atoms with Gasteiger partial charge < -0.3 is 14.8 Å². The molecule has 0 aromatic rings. The van der Waals surface area contributed by atoms with Crippen molar-refractivity contribution in [2.24, 2.45) is 0 Å². The molecule has 0 aromatic carbocycles. The fourth-order valence-corrected chi connectivity index (χ4v) is 2.93. The number of rotatable bonds is 1. The molecule has 1 unspecified atom stereocenters. The Labute approximate surface area is 114 Å². The number of ether oxygens (including phenoxy) is 2. The summed E-state index contributed by atoms with van der Waals surface area (Å²) < 4.78 is 10.8. The number of esters is 1. The Morgan fingerprint density at radius 2 is 1.95 bits per heavy atom. The number of carbonyl (C=O) groups is 2. The topological polar surface area (TPSA) is 64.6 Å². The van der Waals surface area contributed by atoms with Gasteiger partial charge in [0.05, 0.1) is 12.5 Å². The van der Waals surface area contributed by atoms with Gasteiger partial charge in [-0.3, -0.25) is 4.79 Å². The van der Waals surface area contributed by atoms with Crippen molar-refractivity contribution in [3.63, 3.8) is 0 Å². The summed E-state index contributed by atoms with van der Waals surface area (Å²) in [5.74, 6) is -0.219. The third-order valence-electron chi connectivity index (χ3n) is 3.71.